The first-order chi connectivity index (χ1) is 15.8. The molecular formula is C25H31FN4O3. The second-order valence-electron chi connectivity index (χ2n) is 9.48. The molecule has 33 heavy (non-hydrogen) atoms. The maximum absolute atomic E-state index is 13.3. The van der Waals surface area contributed by atoms with Gasteiger partial charge in [0.2, 0.25) is 5.91 Å². The molecule has 0 saturated carbocycles. The number of carbonyl (C=O) groups excluding carboxylic acids is 1. The summed E-state index contributed by atoms with van der Waals surface area (Å²) in [6.45, 7) is 7.80. The Morgan fingerprint density at radius 1 is 1.21 bits per heavy atom. The Morgan fingerprint density at radius 3 is 2.67 bits per heavy atom. The Kier molecular flexibility index (Phi) is 6.93. The first-order valence-corrected chi connectivity index (χ1v) is 11.6. The number of nitrogens with zero attached hydrogens (tertiary/aromatic N) is 3. The first kappa shape index (κ1) is 23.2. The molecule has 2 heterocycles. The number of nitro groups is 1. The highest BCUT2D eigenvalue weighted by Gasteiger charge is 2.41. The molecule has 8 heteroatoms. The Morgan fingerprint density at radius 2 is 1.97 bits per heavy atom. The molecular weight excluding hydrogens is 423 g/mol. The van der Waals surface area contributed by atoms with Crippen LogP contribution >= 0.6 is 0 Å². The highest BCUT2D eigenvalue weighted by atomic mass is 19.1. The molecule has 4 rings (SSSR count). The number of nitrogens with one attached hydrogen (secondary N) is 1. The van der Waals surface area contributed by atoms with Gasteiger partial charge in [-0.3, -0.25) is 19.8 Å². The van der Waals surface area contributed by atoms with Crippen molar-refractivity contribution in [3.05, 3.63) is 69.5 Å². The van der Waals surface area contributed by atoms with E-state index in [4.69, 9.17) is 0 Å². The van der Waals surface area contributed by atoms with E-state index in [-0.39, 0.29) is 34.3 Å². The molecule has 2 aliphatic rings. The fourth-order valence-corrected chi connectivity index (χ4v) is 4.89. The maximum atomic E-state index is 13.3. The fraction of sp³-hybridized carbons (Fsp3) is 0.480. The number of nitro benzene ring substituents is 1. The molecule has 2 atom stereocenters. The van der Waals surface area contributed by atoms with Crippen molar-refractivity contribution in [2.45, 2.75) is 39.3 Å². The number of rotatable bonds is 7. The summed E-state index contributed by atoms with van der Waals surface area (Å²) in [7, 11) is 0. The maximum Gasteiger partial charge on any atom is 0.269 e. The summed E-state index contributed by atoms with van der Waals surface area (Å²) in [5.74, 6) is -0.0359. The summed E-state index contributed by atoms with van der Waals surface area (Å²) in [5, 5.41) is 14.4. The van der Waals surface area contributed by atoms with Crippen molar-refractivity contribution in [1.82, 2.24) is 10.2 Å². The van der Waals surface area contributed by atoms with Gasteiger partial charge in [0.1, 0.15) is 5.82 Å². The van der Waals surface area contributed by atoms with E-state index < -0.39 is 0 Å². The predicted octanol–water partition coefficient (Wildman–Crippen LogP) is 3.76. The number of hydrogen-bond acceptors (Lipinski definition) is 5. The van der Waals surface area contributed by atoms with Crippen LogP contribution in [0.5, 0.6) is 0 Å². The molecule has 0 radical (unpaired) electrons. The number of non-ortho nitro benzene ring substituents is 1. The predicted molar refractivity (Wildman–Crippen MR) is 126 cm³/mol. The van der Waals surface area contributed by atoms with Gasteiger partial charge in [-0.15, -0.1) is 0 Å². The van der Waals surface area contributed by atoms with Crippen molar-refractivity contribution in [3.63, 3.8) is 0 Å². The fourth-order valence-electron chi connectivity index (χ4n) is 4.89. The van der Waals surface area contributed by atoms with Crippen LogP contribution in [0.1, 0.15) is 31.4 Å². The number of benzene rings is 2. The minimum Gasteiger partial charge on any atom is -0.365 e. The van der Waals surface area contributed by atoms with Gasteiger partial charge in [0, 0.05) is 50.5 Å². The second kappa shape index (κ2) is 9.87. The smallest absolute Gasteiger partial charge is 0.269 e. The van der Waals surface area contributed by atoms with Crippen LogP contribution in [0.3, 0.4) is 0 Å². The molecule has 2 aliphatic heterocycles. The van der Waals surface area contributed by atoms with Crippen molar-refractivity contribution >= 4 is 17.3 Å². The average Bonchev–Trinajstić information content (AvgIpc) is 2.79. The lowest BCUT2D eigenvalue weighted by atomic mass is 9.83. The van der Waals surface area contributed by atoms with Crippen LogP contribution in [0.25, 0.3) is 0 Å². The molecule has 1 fully saturated rings. The van der Waals surface area contributed by atoms with Crippen molar-refractivity contribution in [2.75, 3.05) is 31.1 Å². The van der Waals surface area contributed by atoms with Gasteiger partial charge in [0.25, 0.3) is 5.69 Å². The van der Waals surface area contributed by atoms with Crippen LogP contribution in [0, 0.1) is 27.8 Å². The number of anilines is 1. The zero-order valence-electron chi connectivity index (χ0n) is 19.2. The van der Waals surface area contributed by atoms with Gasteiger partial charge in [-0.05, 0) is 48.1 Å². The molecule has 0 aromatic heterocycles. The van der Waals surface area contributed by atoms with Crippen molar-refractivity contribution in [2.24, 2.45) is 11.8 Å². The van der Waals surface area contributed by atoms with Crippen LogP contribution in [0.2, 0.25) is 0 Å². The van der Waals surface area contributed by atoms with Crippen LogP contribution in [0.4, 0.5) is 15.8 Å². The van der Waals surface area contributed by atoms with E-state index in [1.807, 2.05) is 6.07 Å². The SMILES string of the molecule is CC(C)CCNC(=O)[C@H]1Cc2cc([N+](=O)[O-])ccc2N2CCN(Cc3ccc(F)cc3)C[C@H]12. The lowest BCUT2D eigenvalue weighted by Crippen LogP contribution is -2.60. The lowest BCUT2D eigenvalue weighted by molar-refractivity contribution is -0.384. The number of halogens is 1. The van der Waals surface area contributed by atoms with Gasteiger partial charge >= 0.3 is 0 Å². The summed E-state index contributed by atoms with van der Waals surface area (Å²) < 4.78 is 13.3. The monoisotopic (exact) mass is 454 g/mol. The van der Waals surface area contributed by atoms with Gasteiger partial charge < -0.3 is 10.2 Å². The zero-order valence-corrected chi connectivity index (χ0v) is 19.2. The van der Waals surface area contributed by atoms with E-state index in [0.29, 0.717) is 32.0 Å². The summed E-state index contributed by atoms with van der Waals surface area (Å²) in [4.78, 5) is 28.7. The molecule has 1 saturated heterocycles. The summed E-state index contributed by atoms with van der Waals surface area (Å²) in [5.41, 5.74) is 2.94. The Bertz CT molecular complexity index is 1010. The summed E-state index contributed by atoms with van der Waals surface area (Å²) in [6.07, 6.45) is 1.39. The van der Waals surface area contributed by atoms with Crippen molar-refractivity contribution in [1.29, 1.82) is 0 Å². The van der Waals surface area contributed by atoms with E-state index in [1.54, 1.807) is 24.3 Å². The quantitative estimate of drug-likeness (QED) is 0.509. The highest BCUT2D eigenvalue weighted by molar-refractivity contribution is 5.82. The van der Waals surface area contributed by atoms with Crippen LogP contribution in [0.15, 0.2) is 42.5 Å². The molecule has 2 aromatic rings. The normalized spacial score (nSPS) is 20.3. The number of carbonyl (C=O) groups is 1. The summed E-state index contributed by atoms with van der Waals surface area (Å²) >= 11 is 0. The van der Waals surface area contributed by atoms with Gasteiger partial charge in [-0.2, -0.15) is 0 Å². The third-order valence-electron chi connectivity index (χ3n) is 6.67. The van der Waals surface area contributed by atoms with E-state index >= 15 is 0 Å². The number of fused-ring (bicyclic) bond motifs is 3. The molecule has 0 unspecified atom stereocenters. The van der Waals surface area contributed by atoms with E-state index in [2.05, 4.69) is 29.0 Å². The molecule has 176 valence electrons. The zero-order chi connectivity index (χ0) is 23.5. The molecule has 7 nitrogen and oxygen atoms in total. The minimum atomic E-state index is -0.384. The molecule has 0 bridgehead atoms. The van der Waals surface area contributed by atoms with Crippen LogP contribution in [-0.4, -0.2) is 48.0 Å². The molecule has 0 aliphatic carbocycles. The number of amides is 1. The number of hydrogen-bond donors (Lipinski definition) is 1. The largest absolute Gasteiger partial charge is 0.365 e. The van der Waals surface area contributed by atoms with Gasteiger partial charge in [-0.1, -0.05) is 26.0 Å². The molecule has 1 amide bonds. The Labute approximate surface area is 193 Å². The van der Waals surface area contributed by atoms with Crippen LogP contribution < -0.4 is 10.2 Å². The topological polar surface area (TPSA) is 78.7 Å². The van der Waals surface area contributed by atoms with Gasteiger partial charge in [0.05, 0.1) is 16.9 Å². The first-order valence-electron chi connectivity index (χ1n) is 11.6. The standard InChI is InChI=1S/C25H31FN4O3/c1-17(2)9-10-27-25(31)22-14-19-13-21(30(32)33)7-8-23(19)29-12-11-28(16-24(22)29)15-18-3-5-20(26)6-4-18/h3-8,13,17,22,24H,9-12,14-16H2,1-2H3,(H,27,31)/t22-,24+/m0/s1. The lowest BCUT2D eigenvalue weighted by Gasteiger charge is -2.49. The Hall–Kier alpha value is -3.00. The number of piperazine rings is 1. The van der Waals surface area contributed by atoms with Crippen LogP contribution in [-0.2, 0) is 17.8 Å². The third-order valence-corrected chi connectivity index (χ3v) is 6.67. The van der Waals surface area contributed by atoms with Gasteiger partial charge in [0.15, 0.2) is 0 Å². The van der Waals surface area contributed by atoms with Gasteiger partial charge in [-0.25, -0.2) is 4.39 Å². The second-order valence-corrected chi connectivity index (χ2v) is 9.48. The summed E-state index contributed by atoms with van der Waals surface area (Å²) in [6, 6.07) is 11.5. The molecule has 0 spiro atoms. The Balaban J connectivity index is 1.56. The van der Waals surface area contributed by atoms with E-state index in [1.165, 1.54) is 12.1 Å². The van der Waals surface area contributed by atoms with Crippen molar-refractivity contribution in [3.8, 4) is 0 Å². The van der Waals surface area contributed by atoms with E-state index in [9.17, 15) is 19.3 Å². The average molecular weight is 455 g/mol. The molecule has 2 aromatic carbocycles. The van der Waals surface area contributed by atoms with Crippen molar-refractivity contribution < 1.29 is 14.1 Å². The highest BCUT2D eigenvalue weighted by Crippen LogP contribution is 2.38. The molecule has 1 N–H and O–H groups in total. The minimum absolute atomic E-state index is 0.00596. The van der Waals surface area contributed by atoms with E-state index in [0.717, 1.165) is 36.3 Å². The third kappa shape index (κ3) is 5.33.